The first-order chi connectivity index (χ1) is 18.2. The van der Waals surface area contributed by atoms with E-state index in [-0.39, 0.29) is 11.7 Å². The molecule has 1 fully saturated rings. The van der Waals surface area contributed by atoms with E-state index in [1.807, 2.05) is 84.3 Å². The van der Waals surface area contributed by atoms with Crippen molar-refractivity contribution in [1.82, 2.24) is 20.2 Å². The standard InChI is InChI=1S/C28H28N6O2S/c1-21(22-12-14-24(15-13-22)33-16-18-36-19-17-33)29-30-26(35)20-37-28-32-31-27(23-8-4-2-5-9-23)34(28)25-10-6-3-7-11-25/h2-15H,16-20H2,1H3,(H,30,35). The van der Waals surface area contributed by atoms with Gasteiger partial charge in [0.1, 0.15) is 0 Å². The lowest BCUT2D eigenvalue weighted by atomic mass is 10.1. The molecule has 37 heavy (non-hydrogen) atoms. The molecule has 0 aliphatic carbocycles. The number of morpholine rings is 1. The molecule has 1 aliphatic heterocycles. The van der Waals surface area contributed by atoms with Crippen molar-refractivity contribution in [2.24, 2.45) is 5.10 Å². The smallest absolute Gasteiger partial charge is 0.250 e. The molecule has 1 amide bonds. The molecule has 0 saturated carbocycles. The third-order valence-electron chi connectivity index (χ3n) is 6.02. The summed E-state index contributed by atoms with van der Waals surface area (Å²) in [6.07, 6.45) is 0. The largest absolute Gasteiger partial charge is 0.378 e. The van der Waals surface area contributed by atoms with E-state index in [1.54, 1.807) is 0 Å². The summed E-state index contributed by atoms with van der Waals surface area (Å²) in [6.45, 7) is 5.17. The van der Waals surface area contributed by atoms with Crippen molar-refractivity contribution in [2.45, 2.75) is 12.1 Å². The molecule has 9 heteroatoms. The molecule has 188 valence electrons. The Morgan fingerprint density at radius 3 is 2.30 bits per heavy atom. The summed E-state index contributed by atoms with van der Waals surface area (Å²) in [6, 6.07) is 28.0. The number of anilines is 1. The number of nitrogens with zero attached hydrogens (tertiary/aromatic N) is 5. The molecule has 0 atom stereocenters. The van der Waals surface area contributed by atoms with Gasteiger partial charge in [-0.1, -0.05) is 72.4 Å². The second-order valence-electron chi connectivity index (χ2n) is 8.51. The van der Waals surface area contributed by atoms with Gasteiger partial charge in [-0.3, -0.25) is 9.36 Å². The predicted molar refractivity (Wildman–Crippen MR) is 147 cm³/mol. The molecule has 0 bridgehead atoms. The van der Waals surface area contributed by atoms with Gasteiger partial charge in [-0.25, -0.2) is 5.43 Å². The molecule has 0 spiro atoms. The highest BCUT2D eigenvalue weighted by atomic mass is 32.2. The molecule has 1 N–H and O–H groups in total. The number of ether oxygens (including phenoxy) is 1. The fourth-order valence-corrected chi connectivity index (χ4v) is 4.80. The number of carbonyl (C=O) groups is 1. The highest BCUT2D eigenvalue weighted by molar-refractivity contribution is 7.99. The number of hydrogen-bond donors (Lipinski definition) is 1. The number of amides is 1. The van der Waals surface area contributed by atoms with Crippen LogP contribution in [0.15, 0.2) is 95.2 Å². The number of nitrogens with one attached hydrogen (secondary N) is 1. The van der Waals surface area contributed by atoms with Crippen LogP contribution < -0.4 is 10.3 Å². The molecular formula is C28H28N6O2S. The minimum Gasteiger partial charge on any atom is -0.378 e. The lowest BCUT2D eigenvalue weighted by molar-refractivity contribution is -0.118. The third kappa shape index (κ3) is 6.07. The first-order valence-corrected chi connectivity index (χ1v) is 13.1. The number of carbonyl (C=O) groups excluding carboxylic acids is 1. The molecule has 5 rings (SSSR count). The van der Waals surface area contributed by atoms with Crippen LogP contribution in [0.2, 0.25) is 0 Å². The Kier molecular flexibility index (Phi) is 7.93. The van der Waals surface area contributed by atoms with E-state index in [2.05, 4.69) is 37.8 Å². The van der Waals surface area contributed by atoms with Crippen molar-refractivity contribution < 1.29 is 9.53 Å². The number of hydrazone groups is 1. The maximum Gasteiger partial charge on any atom is 0.250 e. The first-order valence-electron chi connectivity index (χ1n) is 12.1. The molecule has 1 saturated heterocycles. The van der Waals surface area contributed by atoms with Gasteiger partial charge >= 0.3 is 0 Å². The summed E-state index contributed by atoms with van der Waals surface area (Å²) in [5, 5.41) is 13.7. The van der Waals surface area contributed by atoms with Crippen molar-refractivity contribution in [3.05, 3.63) is 90.5 Å². The van der Waals surface area contributed by atoms with E-state index in [4.69, 9.17) is 4.74 Å². The van der Waals surface area contributed by atoms with Crippen molar-refractivity contribution >= 4 is 29.1 Å². The average molecular weight is 513 g/mol. The summed E-state index contributed by atoms with van der Waals surface area (Å²) in [5.41, 5.74) is 7.42. The number of aromatic nitrogens is 3. The molecule has 0 radical (unpaired) electrons. The summed E-state index contributed by atoms with van der Waals surface area (Å²) in [7, 11) is 0. The monoisotopic (exact) mass is 512 g/mol. The number of benzene rings is 3. The van der Waals surface area contributed by atoms with Gasteiger partial charge in [-0.05, 0) is 36.8 Å². The van der Waals surface area contributed by atoms with Gasteiger partial charge in [0.05, 0.1) is 24.7 Å². The SMILES string of the molecule is CC(=NNC(=O)CSc1nnc(-c2ccccc2)n1-c1ccccc1)c1ccc(N2CCOCC2)cc1. The van der Waals surface area contributed by atoms with E-state index >= 15 is 0 Å². The second kappa shape index (κ2) is 11.9. The average Bonchev–Trinajstić information content (AvgIpc) is 3.40. The maximum atomic E-state index is 12.6. The van der Waals surface area contributed by atoms with Crippen molar-refractivity contribution in [1.29, 1.82) is 0 Å². The van der Waals surface area contributed by atoms with Gasteiger partial charge in [-0.15, -0.1) is 10.2 Å². The van der Waals surface area contributed by atoms with Gasteiger partial charge in [0.2, 0.25) is 0 Å². The van der Waals surface area contributed by atoms with E-state index in [1.165, 1.54) is 11.8 Å². The van der Waals surface area contributed by atoms with Crippen LogP contribution in [0.3, 0.4) is 0 Å². The number of hydrogen-bond acceptors (Lipinski definition) is 7. The van der Waals surface area contributed by atoms with Crippen LogP contribution in [0.4, 0.5) is 5.69 Å². The molecule has 1 aliphatic rings. The number of thioether (sulfide) groups is 1. The molecule has 0 unspecified atom stereocenters. The Labute approximate surface area is 220 Å². The van der Waals surface area contributed by atoms with E-state index in [9.17, 15) is 4.79 Å². The normalized spacial score (nSPS) is 14.0. The zero-order valence-electron chi connectivity index (χ0n) is 20.6. The molecule has 2 heterocycles. The van der Waals surface area contributed by atoms with Gasteiger partial charge < -0.3 is 9.64 Å². The summed E-state index contributed by atoms with van der Waals surface area (Å²) < 4.78 is 7.39. The van der Waals surface area contributed by atoms with Crippen LogP contribution in [-0.2, 0) is 9.53 Å². The minimum absolute atomic E-state index is 0.159. The predicted octanol–water partition coefficient (Wildman–Crippen LogP) is 4.40. The van der Waals surface area contributed by atoms with E-state index in [0.717, 1.165) is 60.3 Å². The zero-order valence-corrected chi connectivity index (χ0v) is 21.4. The fourth-order valence-electron chi connectivity index (χ4n) is 4.06. The molecular weight excluding hydrogens is 484 g/mol. The molecule has 3 aromatic carbocycles. The highest BCUT2D eigenvalue weighted by Gasteiger charge is 2.17. The minimum atomic E-state index is -0.210. The first kappa shape index (κ1) is 24.7. The Balaban J connectivity index is 1.24. The van der Waals surface area contributed by atoms with Gasteiger partial charge in [0.15, 0.2) is 11.0 Å². The van der Waals surface area contributed by atoms with Crippen LogP contribution in [0.5, 0.6) is 0 Å². The van der Waals surface area contributed by atoms with E-state index < -0.39 is 0 Å². The van der Waals surface area contributed by atoms with E-state index in [0.29, 0.717) is 5.16 Å². The van der Waals surface area contributed by atoms with Crippen LogP contribution in [0.25, 0.3) is 17.1 Å². The number of rotatable bonds is 8. The lowest BCUT2D eigenvalue weighted by Crippen LogP contribution is -2.36. The molecule has 1 aromatic heterocycles. The summed E-state index contributed by atoms with van der Waals surface area (Å²) >= 11 is 1.32. The Hall–Kier alpha value is -3.95. The summed E-state index contributed by atoms with van der Waals surface area (Å²) in [5.74, 6) is 0.675. The zero-order chi connectivity index (χ0) is 25.5. The third-order valence-corrected chi connectivity index (χ3v) is 6.95. The van der Waals surface area contributed by atoms with Gasteiger partial charge in [0, 0.05) is 30.0 Å². The van der Waals surface area contributed by atoms with Crippen LogP contribution in [-0.4, -0.2) is 58.4 Å². The fraction of sp³-hybridized carbons (Fsp3) is 0.214. The molecule has 4 aromatic rings. The van der Waals surface area contributed by atoms with Gasteiger partial charge in [-0.2, -0.15) is 5.10 Å². The second-order valence-corrected chi connectivity index (χ2v) is 9.45. The van der Waals surface area contributed by atoms with Gasteiger partial charge in [0.25, 0.3) is 5.91 Å². The topological polar surface area (TPSA) is 84.6 Å². The Bertz CT molecular complexity index is 1350. The lowest BCUT2D eigenvalue weighted by Gasteiger charge is -2.28. The maximum absolute atomic E-state index is 12.6. The Morgan fingerprint density at radius 1 is 0.919 bits per heavy atom. The molecule has 8 nitrogen and oxygen atoms in total. The quantitative estimate of drug-likeness (QED) is 0.214. The van der Waals surface area contributed by atoms with Crippen LogP contribution >= 0.6 is 11.8 Å². The van der Waals surface area contributed by atoms with Crippen molar-refractivity contribution in [3.63, 3.8) is 0 Å². The Morgan fingerprint density at radius 2 is 1.59 bits per heavy atom. The van der Waals surface area contributed by atoms with Crippen LogP contribution in [0.1, 0.15) is 12.5 Å². The summed E-state index contributed by atoms with van der Waals surface area (Å²) in [4.78, 5) is 14.9. The number of para-hydroxylation sites is 1. The highest BCUT2D eigenvalue weighted by Crippen LogP contribution is 2.27. The van der Waals surface area contributed by atoms with Crippen molar-refractivity contribution in [3.8, 4) is 17.1 Å². The van der Waals surface area contributed by atoms with Crippen LogP contribution in [0, 0.1) is 0 Å². The van der Waals surface area contributed by atoms with Crippen molar-refractivity contribution in [2.75, 3.05) is 37.0 Å².